The summed E-state index contributed by atoms with van der Waals surface area (Å²) in [5, 5.41) is 3.19. The van der Waals surface area contributed by atoms with Crippen molar-refractivity contribution in [1.82, 2.24) is 10.2 Å². The number of nitrogens with one attached hydrogen (secondary N) is 1. The zero-order chi connectivity index (χ0) is 30.3. The lowest BCUT2D eigenvalue weighted by molar-refractivity contribution is -0.140. The summed E-state index contributed by atoms with van der Waals surface area (Å²) in [5.41, 5.74) is 3.73. The van der Waals surface area contributed by atoms with Gasteiger partial charge in [0.1, 0.15) is 18.3 Å². The van der Waals surface area contributed by atoms with Gasteiger partial charge in [-0.3, -0.25) is 13.9 Å². The number of nitrogens with zero attached hydrogens (tertiary/aromatic N) is 2. The molecule has 1 aliphatic carbocycles. The molecule has 0 heterocycles. The Morgan fingerprint density at radius 1 is 0.952 bits per heavy atom. The van der Waals surface area contributed by atoms with Crippen molar-refractivity contribution in [2.45, 2.75) is 64.6 Å². The van der Waals surface area contributed by atoms with E-state index in [4.69, 9.17) is 4.74 Å². The van der Waals surface area contributed by atoms with Crippen LogP contribution < -0.4 is 14.4 Å². The monoisotopic (exact) mass is 591 g/mol. The van der Waals surface area contributed by atoms with Crippen molar-refractivity contribution in [3.63, 3.8) is 0 Å². The van der Waals surface area contributed by atoms with Gasteiger partial charge in [0.05, 0.1) is 19.1 Å². The van der Waals surface area contributed by atoms with Gasteiger partial charge in [-0.1, -0.05) is 67.4 Å². The second kappa shape index (κ2) is 13.9. The predicted molar refractivity (Wildman–Crippen MR) is 166 cm³/mol. The minimum atomic E-state index is -3.83. The molecule has 9 heteroatoms. The van der Waals surface area contributed by atoms with Crippen LogP contribution >= 0.6 is 0 Å². The van der Waals surface area contributed by atoms with E-state index in [-0.39, 0.29) is 24.9 Å². The number of methoxy groups -OCH3 is 1. The lowest BCUT2D eigenvalue weighted by Gasteiger charge is -2.34. The number of hydrogen-bond acceptors (Lipinski definition) is 5. The first-order valence-corrected chi connectivity index (χ1v) is 16.2. The van der Waals surface area contributed by atoms with E-state index < -0.39 is 28.5 Å². The second-order valence-corrected chi connectivity index (χ2v) is 13.0. The number of amides is 2. The molecule has 0 unspecified atom stereocenters. The van der Waals surface area contributed by atoms with Gasteiger partial charge in [0, 0.05) is 19.0 Å². The molecule has 0 radical (unpaired) electrons. The summed E-state index contributed by atoms with van der Waals surface area (Å²) >= 11 is 0. The largest absolute Gasteiger partial charge is 0.497 e. The first-order chi connectivity index (χ1) is 20.0. The van der Waals surface area contributed by atoms with Gasteiger partial charge in [-0.2, -0.15) is 0 Å². The highest BCUT2D eigenvalue weighted by Crippen LogP contribution is 2.26. The quantitative estimate of drug-likeness (QED) is 0.327. The Morgan fingerprint density at radius 3 is 2.31 bits per heavy atom. The van der Waals surface area contributed by atoms with Crippen molar-refractivity contribution in [2.24, 2.45) is 0 Å². The van der Waals surface area contributed by atoms with Crippen molar-refractivity contribution >= 4 is 27.5 Å². The standard InChI is InChI=1S/C33H41N3O5S/c1-24-17-18-25(2)30(19-24)36(42(4,39)40)23-32(37)35(22-27-13-10-16-29(20-27)41-3)31(21-26-11-6-5-7-12-26)33(38)34-28-14-8-9-15-28/h5-7,10-13,16-20,28,31H,8-9,14-15,21-23H2,1-4H3,(H,34,38)/t31-/m0/s1. The van der Waals surface area contributed by atoms with Gasteiger partial charge in [-0.25, -0.2) is 8.42 Å². The Morgan fingerprint density at radius 2 is 1.64 bits per heavy atom. The van der Waals surface area contributed by atoms with E-state index >= 15 is 0 Å². The molecule has 42 heavy (non-hydrogen) atoms. The van der Waals surface area contributed by atoms with E-state index in [0.29, 0.717) is 11.4 Å². The van der Waals surface area contributed by atoms with Crippen LogP contribution in [0.3, 0.4) is 0 Å². The van der Waals surface area contributed by atoms with Gasteiger partial charge in [-0.15, -0.1) is 0 Å². The summed E-state index contributed by atoms with van der Waals surface area (Å²) in [5.74, 6) is -0.0747. The van der Waals surface area contributed by atoms with E-state index in [1.165, 1.54) is 4.90 Å². The molecule has 0 aromatic heterocycles. The predicted octanol–water partition coefficient (Wildman–Crippen LogP) is 4.78. The third kappa shape index (κ3) is 8.12. The summed E-state index contributed by atoms with van der Waals surface area (Å²) in [6.07, 6.45) is 5.31. The topological polar surface area (TPSA) is 96.0 Å². The van der Waals surface area contributed by atoms with Gasteiger partial charge in [-0.05, 0) is 67.1 Å². The smallest absolute Gasteiger partial charge is 0.244 e. The van der Waals surface area contributed by atoms with Crippen molar-refractivity contribution < 1.29 is 22.7 Å². The molecule has 224 valence electrons. The Labute approximate surface area is 249 Å². The molecule has 0 spiro atoms. The Bertz CT molecular complexity index is 1490. The highest BCUT2D eigenvalue weighted by molar-refractivity contribution is 7.92. The Hall–Kier alpha value is -3.85. The molecule has 1 aliphatic rings. The molecule has 1 N–H and O–H groups in total. The average Bonchev–Trinajstić information content (AvgIpc) is 3.48. The summed E-state index contributed by atoms with van der Waals surface area (Å²) < 4.78 is 32.7. The number of sulfonamides is 1. The van der Waals surface area contributed by atoms with Crippen LogP contribution in [0.5, 0.6) is 5.75 Å². The molecule has 2 amide bonds. The van der Waals surface area contributed by atoms with E-state index in [2.05, 4.69) is 5.32 Å². The Kier molecular flexibility index (Phi) is 10.3. The fourth-order valence-electron chi connectivity index (χ4n) is 5.47. The van der Waals surface area contributed by atoms with Crippen molar-refractivity contribution in [2.75, 3.05) is 24.2 Å². The van der Waals surface area contributed by atoms with Crippen LogP contribution in [0.1, 0.15) is 47.9 Å². The molecule has 3 aromatic rings. The van der Waals surface area contributed by atoms with Crippen LogP contribution in [0.25, 0.3) is 0 Å². The molecule has 0 aliphatic heterocycles. The average molecular weight is 592 g/mol. The number of anilines is 1. The minimum Gasteiger partial charge on any atom is -0.497 e. The van der Waals surface area contributed by atoms with Gasteiger partial charge in [0.15, 0.2) is 0 Å². The fraction of sp³-hybridized carbons (Fsp3) is 0.394. The maximum Gasteiger partial charge on any atom is 0.244 e. The van der Waals surface area contributed by atoms with Crippen molar-refractivity contribution in [3.05, 3.63) is 95.1 Å². The summed E-state index contributed by atoms with van der Waals surface area (Å²) in [7, 11) is -2.25. The van der Waals surface area contributed by atoms with E-state index in [1.54, 1.807) is 13.2 Å². The Balaban J connectivity index is 1.75. The maximum atomic E-state index is 14.3. The SMILES string of the molecule is COc1cccc(CN(C(=O)CN(c2cc(C)ccc2C)S(C)(=O)=O)[C@@H](Cc2ccccc2)C(=O)NC2CCCC2)c1. The van der Waals surface area contributed by atoms with Crippen molar-refractivity contribution in [3.8, 4) is 5.75 Å². The van der Waals surface area contributed by atoms with E-state index in [0.717, 1.165) is 58.5 Å². The van der Waals surface area contributed by atoms with Crippen LogP contribution in [0, 0.1) is 13.8 Å². The van der Waals surface area contributed by atoms with E-state index in [9.17, 15) is 18.0 Å². The van der Waals surface area contributed by atoms with Gasteiger partial charge < -0.3 is 15.0 Å². The van der Waals surface area contributed by atoms with Crippen molar-refractivity contribution in [1.29, 1.82) is 0 Å². The van der Waals surface area contributed by atoms with E-state index in [1.807, 2.05) is 80.6 Å². The first kappa shape index (κ1) is 31.1. The number of aryl methyl sites for hydroxylation is 2. The van der Waals surface area contributed by atoms with Gasteiger partial charge >= 0.3 is 0 Å². The number of ether oxygens (including phenoxy) is 1. The second-order valence-electron chi connectivity index (χ2n) is 11.1. The lowest BCUT2D eigenvalue weighted by atomic mass is 10.0. The summed E-state index contributed by atoms with van der Waals surface area (Å²) in [6, 6.07) is 21.6. The van der Waals surface area contributed by atoms with Crippen LogP contribution in [0.15, 0.2) is 72.8 Å². The molecule has 3 aromatic carbocycles. The zero-order valence-electron chi connectivity index (χ0n) is 24.9. The van der Waals surface area contributed by atoms with Crippen LogP contribution in [0.2, 0.25) is 0 Å². The summed E-state index contributed by atoms with van der Waals surface area (Å²) in [6.45, 7) is 3.37. The highest BCUT2D eigenvalue weighted by atomic mass is 32.2. The summed E-state index contributed by atoms with van der Waals surface area (Å²) in [4.78, 5) is 29.8. The molecular formula is C33H41N3O5S. The number of carbonyl (C=O) groups excluding carboxylic acids is 2. The first-order valence-electron chi connectivity index (χ1n) is 14.4. The number of rotatable bonds is 12. The highest BCUT2D eigenvalue weighted by Gasteiger charge is 2.34. The third-order valence-electron chi connectivity index (χ3n) is 7.77. The minimum absolute atomic E-state index is 0.0620. The molecule has 4 rings (SSSR count). The van der Waals surface area contributed by atoms with Gasteiger partial charge in [0.2, 0.25) is 21.8 Å². The maximum absolute atomic E-state index is 14.3. The van der Waals surface area contributed by atoms with Crippen LogP contribution in [-0.2, 0) is 32.6 Å². The normalized spacial score (nSPS) is 14.3. The zero-order valence-corrected chi connectivity index (χ0v) is 25.7. The molecule has 1 atom stereocenters. The molecule has 0 bridgehead atoms. The molecular weight excluding hydrogens is 550 g/mol. The lowest BCUT2D eigenvalue weighted by Crippen LogP contribution is -2.54. The molecule has 1 fully saturated rings. The van der Waals surface area contributed by atoms with Crippen LogP contribution in [-0.4, -0.2) is 57.1 Å². The molecule has 1 saturated carbocycles. The number of hydrogen-bond donors (Lipinski definition) is 1. The third-order valence-corrected chi connectivity index (χ3v) is 8.90. The van der Waals surface area contributed by atoms with Crippen LogP contribution in [0.4, 0.5) is 5.69 Å². The van der Waals surface area contributed by atoms with Gasteiger partial charge in [0.25, 0.3) is 0 Å². The number of carbonyl (C=O) groups is 2. The molecule has 0 saturated heterocycles. The fourth-order valence-corrected chi connectivity index (χ4v) is 6.37. The number of benzene rings is 3. The molecule has 8 nitrogen and oxygen atoms in total.